The van der Waals surface area contributed by atoms with E-state index in [-0.39, 0.29) is 5.91 Å². The van der Waals surface area contributed by atoms with Gasteiger partial charge in [0.05, 0.1) is 0 Å². The summed E-state index contributed by atoms with van der Waals surface area (Å²) in [7, 11) is 0. The first-order chi connectivity index (χ1) is 14.3. The predicted octanol–water partition coefficient (Wildman–Crippen LogP) is 5.20. The van der Waals surface area contributed by atoms with E-state index in [9.17, 15) is 4.79 Å². The van der Waals surface area contributed by atoms with Crippen LogP contribution in [0.4, 0.5) is 5.69 Å². The predicted molar refractivity (Wildman–Crippen MR) is 120 cm³/mol. The number of rotatable bonds is 7. The lowest BCUT2D eigenvalue weighted by Crippen LogP contribution is -2.18. The molecule has 0 bridgehead atoms. The molecule has 0 unspecified atom stereocenters. The zero-order chi connectivity index (χ0) is 19.9. The van der Waals surface area contributed by atoms with E-state index in [1.54, 1.807) is 0 Å². The zero-order valence-corrected chi connectivity index (χ0v) is 17.2. The molecule has 150 valence electrons. The summed E-state index contributed by atoms with van der Waals surface area (Å²) in [6.45, 7) is 2.42. The molecule has 0 saturated carbocycles. The van der Waals surface area contributed by atoms with Gasteiger partial charge in [0.15, 0.2) is 0 Å². The van der Waals surface area contributed by atoms with Gasteiger partial charge in [0.25, 0.3) is 5.91 Å². The molecule has 0 radical (unpaired) electrons. The van der Waals surface area contributed by atoms with Gasteiger partial charge >= 0.3 is 0 Å². The topological polar surface area (TPSA) is 43.3 Å². The Morgan fingerprint density at radius 2 is 1.79 bits per heavy atom. The van der Waals surface area contributed by atoms with Crippen LogP contribution in [-0.2, 0) is 17.0 Å². The SMILES string of the molecule is O=C(Nc1cccc(CSC2CCOCC2)c1)c1cccn1Cc1ccccc1. The molecule has 2 aromatic carbocycles. The molecule has 2 heterocycles. The fraction of sp³-hybridized carbons (Fsp3) is 0.292. The molecule has 3 aromatic rings. The highest BCUT2D eigenvalue weighted by atomic mass is 32.2. The zero-order valence-electron chi connectivity index (χ0n) is 16.4. The van der Waals surface area contributed by atoms with E-state index in [1.165, 1.54) is 11.1 Å². The average molecular weight is 407 g/mol. The summed E-state index contributed by atoms with van der Waals surface area (Å²) < 4.78 is 7.42. The Labute approximate surface area is 176 Å². The Balaban J connectivity index is 1.38. The summed E-state index contributed by atoms with van der Waals surface area (Å²) in [4.78, 5) is 12.9. The van der Waals surface area contributed by atoms with Crippen molar-refractivity contribution in [1.29, 1.82) is 0 Å². The highest BCUT2D eigenvalue weighted by Gasteiger charge is 2.15. The molecule has 1 aliphatic heterocycles. The van der Waals surface area contributed by atoms with Gasteiger partial charge in [0, 0.05) is 42.6 Å². The van der Waals surface area contributed by atoms with Gasteiger partial charge in [-0.15, -0.1) is 0 Å². The van der Waals surface area contributed by atoms with Gasteiger partial charge in [-0.1, -0.05) is 42.5 Å². The average Bonchev–Trinajstić information content (AvgIpc) is 3.22. The number of anilines is 1. The lowest BCUT2D eigenvalue weighted by molar-refractivity contribution is 0.0999. The summed E-state index contributed by atoms with van der Waals surface area (Å²) in [5.74, 6) is 0.874. The van der Waals surface area contributed by atoms with Gasteiger partial charge in [-0.2, -0.15) is 11.8 Å². The lowest BCUT2D eigenvalue weighted by Gasteiger charge is -2.21. The van der Waals surface area contributed by atoms with E-state index in [2.05, 4.69) is 29.6 Å². The Bertz CT molecular complexity index is 933. The Morgan fingerprint density at radius 1 is 1.00 bits per heavy atom. The minimum absolute atomic E-state index is 0.0832. The molecule has 1 saturated heterocycles. The molecule has 1 fully saturated rings. The summed E-state index contributed by atoms with van der Waals surface area (Å²) in [6.07, 6.45) is 4.20. The lowest BCUT2D eigenvalue weighted by atomic mass is 10.2. The molecule has 0 atom stereocenters. The summed E-state index contributed by atoms with van der Waals surface area (Å²) in [5, 5.41) is 3.73. The highest BCUT2D eigenvalue weighted by molar-refractivity contribution is 7.99. The molecule has 1 aliphatic rings. The molecule has 4 nitrogen and oxygen atoms in total. The van der Waals surface area contributed by atoms with Crippen LogP contribution in [0.25, 0.3) is 0 Å². The molecule has 5 heteroatoms. The number of hydrogen-bond acceptors (Lipinski definition) is 3. The highest BCUT2D eigenvalue weighted by Crippen LogP contribution is 2.26. The van der Waals surface area contributed by atoms with Crippen LogP contribution in [-0.4, -0.2) is 28.9 Å². The number of thioether (sulfide) groups is 1. The Morgan fingerprint density at radius 3 is 2.62 bits per heavy atom. The molecule has 29 heavy (non-hydrogen) atoms. The van der Waals surface area contributed by atoms with Crippen LogP contribution in [0.5, 0.6) is 0 Å². The van der Waals surface area contributed by atoms with Crippen LogP contribution < -0.4 is 5.32 Å². The second kappa shape index (κ2) is 9.81. The number of carbonyl (C=O) groups excluding carboxylic acids is 1. The molecule has 1 amide bonds. The maximum atomic E-state index is 12.9. The largest absolute Gasteiger partial charge is 0.381 e. The van der Waals surface area contributed by atoms with Gasteiger partial charge in [0.2, 0.25) is 0 Å². The van der Waals surface area contributed by atoms with Crippen LogP contribution in [0.1, 0.15) is 34.5 Å². The number of benzene rings is 2. The van der Waals surface area contributed by atoms with E-state index in [1.807, 2.05) is 65.0 Å². The van der Waals surface area contributed by atoms with Gasteiger partial charge in [-0.05, 0) is 48.2 Å². The van der Waals surface area contributed by atoms with Gasteiger partial charge in [-0.3, -0.25) is 4.79 Å². The first kappa shape index (κ1) is 19.8. The van der Waals surface area contributed by atoms with Crippen molar-refractivity contribution < 1.29 is 9.53 Å². The van der Waals surface area contributed by atoms with E-state index in [4.69, 9.17) is 4.74 Å². The van der Waals surface area contributed by atoms with Crippen LogP contribution >= 0.6 is 11.8 Å². The first-order valence-electron chi connectivity index (χ1n) is 10.1. The minimum Gasteiger partial charge on any atom is -0.381 e. The first-order valence-corrected chi connectivity index (χ1v) is 11.1. The molecule has 0 aliphatic carbocycles. The number of hydrogen-bond donors (Lipinski definition) is 1. The van der Waals surface area contributed by atoms with Crippen molar-refractivity contribution >= 4 is 23.4 Å². The standard InChI is InChI=1S/C24H26N2O2S/c27-24(23-10-5-13-26(23)17-19-6-2-1-3-7-19)25-21-9-4-8-20(16-21)18-29-22-11-14-28-15-12-22/h1-10,13,16,22H,11-12,14-15,17-18H2,(H,25,27). The Hall–Kier alpha value is -2.50. The van der Waals surface area contributed by atoms with Crippen molar-refractivity contribution in [2.24, 2.45) is 0 Å². The summed E-state index contributed by atoms with van der Waals surface area (Å²) >= 11 is 1.98. The van der Waals surface area contributed by atoms with Gasteiger partial charge < -0.3 is 14.6 Å². The maximum Gasteiger partial charge on any atom is 0.272 e. The van der Waals surface area contributed by atoms with E-state index in [0.29, 0.717) is 17.5 Å². The van der Waals surface area contributed by atoms with Crippen molar-refractivity contribution in [3.8, 4) is 0 Å². The summed E-state index contributed by atoms with van der Waals surface area (Å²) in [5.41, 5.74) is 3.91. The number of carbonyl (C=O) groups is 1. The third kappa shape index (κ3) is 5.52. The molecule has 4 rings (SSSR count). The molecule has 1 aromatic heterocycles. The number of nitrogens with one attached hydrogen (secondary N) is 1. The number of ether oxygens (including phenoxy) is 1. The fourth-order valence-electron chi connectivity index (χ4n) is 3.53. The quantitative estimate of drug-likeness (QED) is 0.586. The van der Waals surface area contributed by atoms with Crippen LogP contribution in [0.2, 0.25) is 0 Å². The van der Waals surface area contributed by atoms with Crippen molar-refractivity contribution in [2.45, 2.75) is 30.4 Å². The minimum atomic E-state index is -0.0832. The third-order valence-corrected chi connectivity index (χ3v) is 6.54. The smallest absolute Gasteiger partial charge is 0.272 e. The van der Waals surface area contributed by atoms with Crippen molar-refractivity contribution in [2.75, 3.05) is 18.5 Å². The van der Waals surface area contributed by atoms with Gasteiger partial charge in [-0.25, -0.2) is 0 Å². The normalized spacial score (nSPS) is 14.6. The second-order valence-corrected chi connectivity index (χ2v) is 8.57. The summed E-state index contributed by atoms with van der Waals surface area (Å²) in [6, 6.07) is 22.1. The Kier molecular flexibility index (Phi) is 6.70. The number of aromatic nitrogens is 1. The molecule has 0 spiro atoms. The van der Waals surface area contributed by atoms with E-state index in [0.717, 1.165) is 37.5 Å². The molecular formula is C24H26N2O2S. The van der Waals surface area contributed by atoms with E-state index >= 15 is 0 Å². The van der Waals surface area contributed by atoms with Crippen molar-refractivity contribution in [3.63, 3.8) is 0 Å². The third-order valence-electron chi connectivity index (χ3n) is 5.10. The van der Waals surface area contributed by atoms with Crippen LogP contribution in [0, 0.1) is 0 Å². The van der Waals surface area contributed by atoms with E-state index < -0.39 is 0 Å². The fourth-order valence-corrected chi connectivity index (χ4v) is 4.66. The number of amides is 1. The monoisotopic (exact) mass is 406 g/mol. The van der Waals surface area contributed by atoms with Crippen LogP contribution in [0.3, 0.4) is 0 Å². The van der Waals surface area contributed by atoms with Crippen molar-refractivity contribution in [3.05, 3.63) is 89.7 Å². The maximum absolute atomic E-state index is 12.9. The van der Waals surface area contributed by atoms with Gasteiger partial charge in [0.1, 0.15) is 5.69 Å². The molecular weight excluding hydrogens is 380 g/mol. The molecule has 1 N–H and O–H groups in total. The second-order valence-electron chi connectivity index (χ2n) is 7.28. The number of nitrogens with zero attached hydrogens (tertiary/aromatic N) is 1. The van der Waals surface area contributed by atoms with Crippen molar-refractivity contribution in [1.82, 2.24) is 4.57 Å². The van der Waals surface area contributed by atoms with Crippen LogP contribution in [0.15, 0.2) is 72.9 Å².